The lowest BCUT2D eigenvalue weighted by atomic mass is 9.79. The molecule has 1 aromatic carbocycles. The number of benzene rings is 1. The molecule has 1 aliphatic rings. The van der Waals surface area contributed by atoms with Crippen molar-refractivity contribution in [3.63, 3.8) is 0 Å². The SMILES string of the molecule is CC(=O)[C@@H](NC(=O)c1ccccc1C=O)C(C)(C)CCN1CCN(C(=O)OC(C)(C)C)CC1. The fourth-order valence-electron chi connectivity index (χ4n) is 3.93. The summed E-state index contributed by atoms with van der Waals surface area (Å²) in [5.74, 6) is -0.566. The number of Topliss-reactive ketones (excluding diaryl/α,β-unsaturated/α-hetero) is 1. The van der Waals surface area contributed by atoms with Crippen molar-refractivity contribution >= 4 is 24.1 Å². The van der Waals surface area contributed by atoms with E-state index in [0.29, 0.717) is 25.8 Å². The van der Waals surface area contributed by atoms with E-state index in [1.165, 1.54) is 6.92 Å². The quantitative estimate of drug-likeness (QED) is 0.600. The fraction of sp³-hybridized carbons (Fsp3) is 0.600. The highest BCUT2D eigenvalue weighted by molar-refractivity contribution is 6.03. The highest BCUT2D eigenvalue weighted by atomic mass is 16.6. The van der Waals surface area contributed by atoms with Crippen LogP contribution in [0, 0.1) is 5.41 Å². The van der Waals surface area contributed by atoms with Crippen LogP contribution in [0.15, 0.2) is 24.3 Å². The second-order valence-corrected chi connectivity index (χ2v) is 10.3. The van der Waals surface area contributed by atoms with Gasteiger partial charge in [-0.15, -0.1) is 0 Å². The molecule has 0 unspecified atom stereocenters. The van der Waals surface area contributed by atoms with E-state index in [9.17, 15) is 19.2 Å². The first-order chi connectivity index (χ1) is 15.3. The van der Waals surface area contributed by atoms with Crippen LogP contribution < -0.4 is 5.32 Å². The molecule has 1 heterocycles. The summed E-state index contributed by atoms with van der Waals surface area (Å²) in [7, 11) is 0. The van der Waals surface area contributed by atoms with E-state index in [1.807, 2.05) is 34.6 Å². The number of aldehydes is 1. The lowest BCUT2D eigenvalue weighted by Crippen LogP contribution is -2.53. The minimum Gasteiger partial charge on any atom is -0.444 e. The molecule has 1 fully saturated rings. The number of hydrogen-bond acceptors (Lipinski definition) is 6. The van der Waals surface area contributed by atoms with Crippen molar-refractivity contribution < 1.29 is 23.9 Å². The number of carbonyl (C=O) groups is 4. The molecule has 182 valence electrons. The van der Waals surface area contributed by atoms with Gasteiger partial charge in [0.05, 0.1) is 6.04 Å². The molecule has 0 radical (unpaired) electrons. The molecule has 0 saturated carbocycles. The van der Waals surface area contributed by atoms with E-state index in [-0.39, 0.29) is 23.0 Å². The van der Waals surface area contributed by atoms with Gasteiger partial charge >= 0.3 is 6.09 Å². The molecule has 1 atom stereocenters. The third-order valence-electron chi connectivity index (χ3n) is 5.89. The number of nitrogens with one attached hydrogen (secondary N) is 1. The number of rotatable bonds is 8. The standard InChI is InChI=1S/C25H37N3O5/c1-18(30)21(26-22(31)20-10-8-7-9-19(20)17-29)25(5,6)11-12-27-13-15-28(16-14-27)23(32)33-24(2,3)4/h7-10,17,21H,11-16H2,1-6H3,(H,26,31)/t21-/m1/s1. The lowest BCUT2D eigenvalue weighted by molar-refractivity contribution is -0.121. The van der Waals surface area contributed by atoms with Gasteiger partial charge in [0.25, 0.3) is 5.91 Å². The Hall–Kier alpha value is -2.74. The van der Waals surface area contributed by atoms with E-state index in [4.69, 9.17) is 4.74 Å². The van der Waals surface area contributed by atoms with Gasteiger partial charge in [0.15, 0.2) is 12.1 Å². The summed E-state index contributed by atoms with van der Waals surface area (Å²) in [6, 6.07) is 5.84. The highest BCUT2D eigenvalue weighted by Crippen LogP contribution is 2.27. The molecule has 1 aliphatic heterocycles. The molecule has 8 heteroatoms. The molecule has 2 rings (SSSR count). The first kappa shape index (κ1) is 26.5. The molecular weight excluding hydrogens is 422 g/mol. The second kappa shape index (κ2) is 10.9. The van der Waals surface area contributed by atoms with Gasteiger partial charge in [-0.25, -0.2) is 4.79 Å². The zero-order valence-corrected chi connectivity index (χ0v) is 20.6. The summed E-state index contributed by atoms with van der Waals surface area (Å²) in [6.45, 7) is 14.3. The molecular formula is C25H37N3O5. The molecule has 8 nitrogen and oxygen atoms in total. The molecule has 0 bridgehead atoms. The predicted octanol–water partition coefficient (Wildman–Crippen LogP) is 3.16. The molecule has 0 spiro atoms. The minimum absolute atomic E-state index is 0.133. The summed E-state index contributed by atoms with van der Waals surface area (Å²) in [6.07, 6.45) is 1.02. The molecule has 2 amide bonds. The number of piperazine rings is 1. The Bertz CT molecular complexity index is 867. The number of hydrogen-bond donors (Lipinski definition) is 1. The molecule has 0 aliphatic carbocycles. The largest absolute Gasteiger partial charge is 0.444 e. The Kier molecular flexibility index (Phi) is 8.77. The van der Waals surface area contributed by atoms with Crippen molar-refractivity contribution in [1.82, 2.24) is 15.1 Å². The number of ketones is 1. The van der Waals surface area contributed by atoms with Gasteiger partial charge in [-0.3, -0.25) is 19.3 Å². The van der Waals surface area contributed by atoms with E-state index in [0.717, 1.165) is 19.6 Å². The molecule has 1 aromatic rings. The van der Waals surface area contributed by atoms with Crippen LogP contribution in [0.25, 0.3) is 0 Å². The van der Waals surface area contributed by atoms with Crippen LogP contribution in [0.5, 0.6) is 0 Å². The summed E-state index contributed by atoms with van der Waals surface area (Å²) in [5, 5.41) is 2.84. The van der Waals surface area contributed by atoms with Crippen LogP contribution >= 0.6 is 0 Å². The number of amides is 2. The number of carbonyl (C=O) groups excluding carboxylic acids is 4. The Morgan fingerprint density at radius 3 is 2.21 bits per heavy atom. The van der Waals surface area contributed by atoms with Gasteiger partial charge in [-0.1, -0.05) is 32.0 Å². The summed E-state index contributed by atoms with van der Waals surface area (Å²) in [5.41, 5.74) is -0.470. The average Bonchev–Trinajstić information content (AvgIpc) is 2.74. The van der Waals surface area contributed by atoms with E-state index < -0.39 is 23.0 Å². The Morgan fingerprint density at radius 2 is 1.67 bits per heavy atom. The van der Waals surface area contributed by atoms with E-state index >= 15 is 0 Å². The summed E-state index contributed by atoms with van der Waals surface area (Å²) >= 11 is 0. The normalized spacial score (nSPS) is 16.1. The van der Waals surface area contributed by atoms with E-state index in [2.05, 4.69) is 10.2 Å². The van der Waals surface area contributed by atoms with Crippen molar-refractivity contribution in [2.24, 2.45) is 5.41 Å². The first-order valence-corrected chi connectivity index (χ1v) is 11.4. The zero-order valence-electron chi connectivity index (χ0n) is 20.6. The maximum Gasteiger partial charge on any atom is 0.410 e. The monoisotopic (exact) mass is 459 g/mol. The third-order valence-corrected chi connectivity index (χ3v) is 5.89. The van der Waals surface area contributed by atoms with Crippen LogP contribution in [0.4, 0.5) is 4.79 Å². The Labute approximate surface area is 196 Å². The van der Waals surface area contributed by atoms with Crippen molar-refractivity contribution in [2.75, 3.05) is 32.7 Å². The molecule has 1 saturated heterocycles. The van der Waals surface area contributed by atoms with E-state index in [1.54, 1.807) is 29.2 Å². The smallest absolute Gasteiger partial charge is 0.410 e. The van der Waals surface area contributed by atoms with Crippen molar-refractivity contribution in [3.8, 4) is 0 Å². The minimum atomic E-state index is -0.687. The first-order valence-electron chi connectivity index (χ1n) is 11.4. The van der Waals surface area contributed by atoms with Gasteiger partial charge in [0.1, 0.15) is 5.60 Å². The van der Waals surface area contributed by atoms with Crippen molar-refractivity contribution in [3.05, 3.63) is 35.4 Å². The molecule has 0 aromatic heterocycles. The van der Waals surface area contributed by atoms with Gasteiger partial charge in [0.2, 0.25) is 0 Å². The van der Waals surface area contributed by atoms with Gasteiger partial charge in [0, 0.05) is 37.3 Å². The van der Waals surface area contributed by atoms with Crippen molar-refractivity contribution in [1.29, 1.82) is 0 Å². The third kappa shape index (κ3) is 7.67. The predicted molar refractivity (Wildman–Crippen MR) is 126 cm³/mol. The van der Waals surface area contributed by atoms with Crippen LogP contribution in [0.3, 0.4) is 0 Å². The van der Waals surface area contributed by atoms with Gasteiger partial charge in [-0.2, -0.15) is 0 Å². The lowest BCUT2D eigenvalue weighted by Gasteiger charge is -2.38. The van der Waals surface area contributed by atoms with Crippen LogP contribution in [0.2, 0.25) is 0 Å². The highest BCUT2D eigenvalue weighted by Gasteiger charge is 2.35. The van der Waals surface area contributed by atoms with Crippen LogP contribution in [-0.2, 0) is 9.53 Å². The topological polar surface area (TPSA) is 96.0 Å². The fourth-order valence-corrected chi connectivity index (χ4v) is 3.93. The van der Waals surface area contributed by atoms with Crippen LogP contribution in [0.1, 0.15) is 68.7 Å². The van der Waals surface area contributed by atoms with Crippen LogP contribution in [-0.4, -0.2) is 78.2 Å². The van der Waals surface area contributed by atoms with Crippen molar-refractivity contribution in [2.45, 2.75) is 59.6 Å². The zero-order chi connectivity index (χ0) is 24.8. The molecule has 33 heavy (non-hydrogen) atoms. The number of nitrogens with zero attached hydrogens (tertiary/aromatic N) is 2. The molecule has 1 N–H and O–H groups in total. The second-order valence-electron chi connectivity index (χ2n) is 10.3. The number of ether oxygens (including phenoxy) is 1. The summed E-state index contributed by atoms with van der Waals surface area (Å²) < 4.78 is 5.44. The van der Waals surface area contributed by atoms with Gasteiger partial charge < -0.3 is 15.0 Å². The Balaban J connectivity index is 1.95. The maximum absolute atomic E-state index is 12.8. The Morgan fingerprint density at radius 1 is 1.06 bits per heavy atom. The summed E-state index contributed by atoms with van der Waals surface area (Å²) in [4.78, 5) is 52.7. The average molecular weight is 460 g/mol. The maximum atomic E-state index is 12.8. The van der Waals surface area contributed by atoms with Gasteiger partial charge in [-0.05, 0) is 52.1 Å².